The SMILES string of the molecule is Cc1nc(CNCC(=O)Nc2c(Cl)cccc2Cl)oc1C. The number of aromatic nitrogens is 1. The van der Waals surface area contributed by atoms with Gasteiger partial charge in [-0.1, -0.05) is 29.3 Å². The third kappa shape index (κ3) is 4.20. The van der Waals surface area contributed by atoms with Gasteiger partial charge in [0.25, 0.3) is 0 Å². The summed E-state index contributed by atoms with van der Waals surface area (Å²) >= 11 is 12.0. The number of hydrogen-bond acceptors (Lipinski definition) is 4. The van der Waals surface area contributed by atoms with Crippen molar-refractivity contribution in [3.8, 4) is 0 Å². The van der Waals surface area contributed by atoms with Crippen molar-refractivity contribution in [2.75, 3.05) is 11.9 Å². The van der Waals surface area contributed by atoms with E-state index in [0.717, 1.165) is 11.5 Å². The second-order valence-corrected chi connectivity index (χ2v) is 5.31. The van der Waals surface area contributed by atoms with Crippen LogP contribution in [0.4, 0.5) is 5.69 Å². The van der Waals surface area contributed by atoms with Crippen LogP contribution < -0.4 is 10.6 Å². The standard InChI is InChI=1S/C14H15Cl2N3O2/c1-8-9(2)21-13(18-8)7-17-6-12(20)19-14-10(15)4-3-5-11(14)16/h3-5,17H,6-7H2,1-2H3,(H,19,20). The quantitative estimate of drug-likeness (QED) is 0.883. The summed E-state index contributed by atoms with van der Waals surface area (Å²) in [6.45, 7) is 4.19. The van der Waals surface area contributed by atoms with Crippen molar-refractivity contribution in [1.29, 1.82) is 0 Å². The summed E-state index contributed by atoms with van der Waals surface area (Å²) in [5.41, 5.74) is 1.26. The number of para-hydroxylation sites is 1. The van der Waals surface area contributed by atoms with Crippen LogP contribution in [0.5, 0.6) is 0 Å². The normalized spacial score (nSPS) is 10.7. The fourth-order valence-corrected chi connectivity index (χ4v) is 2.19. The molecule has 0 fully saturated rings. The van der Waals surface area contributed by atoms with Gasteiger partial charge in [0.05, 0.1) is 34.5 Å². The number of anilines is 1. The number of nitrogens with zero attached hydrogens (tertiary/aromatic N) is 1. The average molecular weight is 328 g/mol. The van der Waals surface area contributed by atoms with Crippen LogP contribution in [-0.4, -0.2) is 17.4 Å². The minimum Gasteiger partial charge on any atom is -0.444 e. The highest BCUT2D eigenvalue weighted by molar-refractivity contribution is 6.39. The van der Waals surface area contributed by atoms with E-state index in [0.29, 0.717) is 28.2 Å². The summed E-state index contributed by atoms with van der Waals surface area (Å²) in [4.78, 5) is 16.1. The van der Waals surface area contributed by atoms with E-state index < -0.39 is 0 Å². The molecule has 0 aliphatic carbocycles. The summed E-state index contributed by atoms with van der Waals surface area (Å²) in [7, 11) is 0. The molecule has 0 radical (unpaired) electrons. The molecule has 2 rings (SSSR count). The van der Waals surface area contributed by atoms with Gasteiger partial charge in [-0.05, 0) is 26.0 Å². The van der Waals surface area contributed by atoms with Crippen LogP contribution >= 0.6 is 23.2 Å². The Morgan fingerprint density at radius 2 is 1.95 bits per heavy atom. The van der Waals surface area contributed by atoms with Gasteiger partial charge in [-0.25, -0.2) is 4.98 Å². The van der Waals surface area contributed by atoms with E-state index in [2.05, 4.69) is 15.6 Å². The molecule has 2 aromatic rings. The lowest BCUT2D eigenvalue weighted by Gasteiger charge is -2.09. The highest BCUT2D eigenvalue weighted by Crippen LogP contribution is 2.29. The van der Waals surface area contributed by atoms with Crippen molar-refractivity contribution >= 4 is 34.8 Å². The maximum absolute atomic E-state index is 11.8. The number of hydrogen-bond donors (Lipinski definition) is 2. The monoisotopic (exact) mass is 327 g/mol. The van der Waals surface area contributed by atoms with Crippen molar-refractivity contribution in [2.24, 2.45) is 0 Å². The lowest BCUT2D eigenvalue weighted by molar-refractivity contribution is -0.115. The number of aryl methyl sites for hydroxylation is 2. The van der Waals surface area contributed by atoms with Crippen molar-refractivity contribution in [1.82, 2.24) is 10.3 Å². The number of halogens is 2. The third-order valence-electron chi connectivity index (χ3n) is 2.86. The van der Waals surface area contributed by atoms with E-state index >= 15 is 0 Å². The number of rotatable bonds is 5. The Kier molecular flexibility index (Phi) is 5.22. The zero-order valence-corrected chi connectivity index (χ0v) is 13.2. The van der Waals surface area contributed by atoms with Gasteiger partial charge in [-0.3, -0.25) is 10.1 Å². The molecule has 0 unspecified atom stereocenters. The van der Waals surface area contributed by atoms with Crippen LogP contribution in [0, 0.1) is 13.8 Å². The molecule has 0 spiro atoms. The van der Waals surface area contributed by atoms with Gasteiger partial charge in [-0.2, -0.15) is 0 Å². The zero-order chi connectivity index (χ0) is 15.4. The maximum Gasteiger partial charge on any atom is 0.238 e. The van der Waals surface area contributed by atoms with Gasteiger partial charge in [0, 0.05) is 0 Å². The zero-order valence-electron chi connectivity index (χ0n) is 11.7. The van der Waals surface area contributed by atoms with E-state index in [-0.39, 0.29) is 12.5 Å². The molecule has 0 atom stereocenters. The molecule has 112 valence electrons. The molecular weight excluding hydrogens is 313 g/mol. The van der Waals surface area contributed by atoms with Gasteiger partial charge in [-0.15, -0.1) is 0 Å². The number of amides is 1. The molecule has 2 N–H and O–H groups in total. The Balaban J connectivity index is 1.85. The van der Waals surface area contributed by atoms with E-state index in [4.69, 9.17) is 27.6 Å². The summed E-state index contributed by atoms with van der Waals surface area (Å²) in [5.74, 6) is 1.08. The molecule has 1 heterocycles. The Morgan fingerprint density at radius 1 is 1.29 bits per heavy atom. The first-order valence-corrected chi connectivity index (χ1v) is 7.10. The first-order valence-electron chi connectivity index (χ1n) is 6.35. The topological polar surface area (TPSA) is 67.2 Å². The van der Waals surface area contributed by atoms with Crippen LogP contribution in [0.25, 0.3) is 0 Å². The smallest absolute Gasteiger partial charge is 0.238 e. The van der Waals surface area contributed by atoms with Crippen LogP contribution in [0.2, 0.25) is 10.0 Å². The first kappa shape index (κ1) is 15.8. The number of oxazole rings is 1. The molecule has 1 aromatic carbocycles. The van der Waals surface area contributed by atoms with Gasteiger partial charge < -0.3 is 9.73 Å². The predicted molar refractivity (Wildman–Crippen MR) is 82.8 cm³/mol. The Morgan fingerprint density at radius 3 is 2.52 bits per heavy atom. The van der Waals surface area contributed by atoms with Crippen molar-refractivity contribution in [2.45, 2.75) is 20.4 Å². The summed E-state index contributed by atoms with van der Waals surface area (Å²) in [6.07, 6.45) is 0. The molecule has 7 heteroatoms. The number of nitrogens with one attached hydrogen (secondary N) is 2. The molecule has 1 amide bonds. The lowest BCUT2D eigenvalue weighted by Crippen LogP contribution is -2.28. The molecule has 21 heavy (non-hydrogen) atoms. The second-order valence-electron chi connectivity index (χ2n) is 4.50. The van der Waals surface area contributed by atoms with Gasteiger partial charge in [0.2, 0.25) is 11.8 Å². The summed E-state index contributed by atoms with van der Waals surface area (Å²) in [6, 6.07) is 5.04. The highest BCUT2D eigenvalue weighted by Gasteiger charge is 2.10. The molecule has 0 saturated carbocycles. The van der Waals surface area contributed by atoms with E-state index in [1.165, 1.54) is 0 Å². The molecule has 0 bridgehead atoms. The predicted octanol–water partition coefficient (Wildman–Crippen LogP) is 3.33. The van der Waals surface area contributed by atoms with Crippen molar-refractivity contribution in [3.63, 3.8) is 0 Å². The van der Waals surface area contributed by atoms with Crippen LogP contribution in [0.1, 0.15) is 17.3 Å². The molecule has 0 aliphatic rings. The van der Waals surface area contributed by atoms with E-state index in [1.807, 2.05) is 13.8 Å². The lowest BCUT2D eigenvalue weighted by atomic mass is 10.3. The molecule has 0 saturated heterocycles. The van der Waals surface area contributed by atoms with Crippen molar-refractivity contribution < 1.29 is 9.21 Å². The van der Waals surface area contributed by atoms with Gasteiger partial charge in [0.1, 0.15) is 5.76 Å². The Labute approximate surface area is 132 Å². The van der Waals surface area contributed by atoms with Gasteiger partial charge >= 0.3 is 0 Å². The number of carbonyl (C=O) groups excluding carboxylic acids is 1. The fraction of sp³-hybridized carbons (Fsp3) is 0.286. The van der Waals surface area contributed by atoms with Crippen LogP contribution in [0.3, 0.4) is 0 Å². The summed E-state index contributed by atoms with van der Waals surface area (Å²) in [5, 5.41) is 6.41. The minimum atomic E-state index is -0.245. The Hall–Kier alpha value is -1.56. The second kappa shape index (κ2) is 6.93. The van der Waals surface area contributed by atoms with E-state index in [1.54, 1.807) is 18.2 Å². The molecule has 0 aliphatic heterocycles. The summed E-state index contributed by atoms with van der Waals surface area (Å²) < 4.78 is 5.41. The largest absolute Gasteiger partial charge is 0.444 e. The van der Waals surface area contributed by atoms with Crippen LogP contribution in [0.15, 0.2) is 22.6 Å². The van der Waals surface area contributed by atoms with Crippen LogP contribution in [-0.2, 0) is 11.3 Å². The highest BCUT2D eigenvalue weighted by atomic mass is 35.5. The van der Waals surface area contributed by atoms with Gasteiger partial charge in [0.15, 0.2) is 0 Å². The number of benzene rings is 1. The number of carbonyl (C=O) groups is 1. The van der Waals surface area contributed by atoms with Crippen molar-refractivity contribution in [3.05, 3.63) is 45.6 Å². The fourth-order valence-electron chi connectivity index (χ4n) is 1.70. The molecule has 1 aromatic heterocycles. The van der Waals surface area contributed by atoms with E-state index in [9.17, 15) is 4.79 Å². The molecular formula is C14H15Cl2N3O2. The average Bonchev–Trinajstić information content (AvgIpc) is 2.73. The third-order valence-corrected chi connectivity index (χ3v) is 3.49. The minimum absolute atomic E-state index is 0.0992. The first-order chi connectivity index (χ1) is 9.97. The molecule has 5 nitrogen and oxygen atoms in total. The Bertz CT molecular complexity index is 616. The maximum atomic E-state index is 11.8.